The lowest BCUT2D eigenvalue weighted by molar-refractivity contribution is -0.136. The molecule has 1 aromatic carbocycles. The lowest BCUT2D eigenvalue weighted by Gasteiger charge is -2.04. The standard InChI is InChI=1S/C9H6Cl2O3/c10-7-1-5(3-8(13)14)9(11)6(2-7)4-12/h1-2,4H,3H2,(H,13,14). The maximum absolute atomic E-state index is 10.5. The summed E-state index contributed by atoms with van der Waals surface area (Å²) in [6, 6.07) is 2.83. The number of hydrogen-bond acceptors (Lipinski definition) is 2. The summed E-state index contributed by atoms with van der Waals surface area (Å²) in [6.07, 6.45) is 0.291. The van der Waals surface area contributed by atoms with Crippen molar-refractivity contribution in [1.29, 1.82) is 0 Å². The Morgan fingerprint density at radius 2 is 2.07 bits per heavy atom. The molecule has 0 bridgehead atoms. The van der Waals surface area contributed by atoms with Gasteiger partial charge in [0.2, 0.25) is 0 Å². The molecule has 0 saturated heterocycles. The van der Waals surface area contributed by atoms with Crippen molar-refractivity contribution in [3.8, 4) is 0 Å². The van der Waals surface area contributed by atoms with E-state index in [0.717, 1.165) is 0 Å². The molecule has 1 rings (SSSR count). The van der Waals surface area contributed by atoms with Gasteiger partial charge in [-0.15, -0.1) is 0 Å². The summed E-state index contributed by atoms with van der Waals surface area (Å²) in [7, 11) is 0. The van der Waals surface area contributed by atoms with E-state index in [9.17, 15) is 9.59 Å². The van der Waals surface area contributed by atoms with Crippen LogP contribution in [-0.4, -0.2) is 17.4 Å². The number of aldehydes is 1. The molecule has 0 heterocycles. The fourth-order valence-electron chi connectivity index (χ4n) is 1.05. The van der Waals surface area contributed by atoms with Gasteiger partial charge in [0.1, 0.15) is 0 Å². The molecule has 0 fully saturated rings. The molecule has 0 saturated carbocycles. The van der Waals surface area contributed by atoms with Gasteiger partial charge in [0, 0.05) is 10.6 Å². The Hall–Kier alpha value is -1.06. The second-order valence-electron chi connectivity index (χ2n) is 2.66. The van der Waals surface area contributed by atoms with Crippen molar-refractivity contribution in [3.63, 3.8) is 0 Å². The quantitative estimate of drug-likeness (QED) is 0.815. The molecule has 3 nitrogen and oxygen atoms in total. The van der Waals surface area contributed by atoms with Gasteiger partial charge in [-0.05, 0) is 17.7 Å². The number of halogens is 2. The van der Waals surface area contributed by atoms with Crippen LogP contribution in [0.4, 0.5) is 0 Å². The van der Waals surface area contributed by atoms with E-state index >= 15 is 0 Å². The van der Waals surface area contributed by atoms with Gasteiger partial charge in [-0.2, -0.15) is 0 Å². The molecule has 0 unspecified atom stereocenters. The topological polar surface area (TPSA) is 54.4 Å². The van der Waals surface area contributed by atoms with Gasteiger partial charge in [0.15, 0.2) is 6.29 Å². The Kier molecular flexibility index (Phi) is 3.49. The van der Waals surface area contributed by atoms with Crippen LogP contribution < -0.4 is 0 Å². The third-order valence-corrected chi connectivity index (χ3v) is 2.29. The Morgan fingerprint density at radius 1 is 1.43 bits per heavy atom. The molecule has 0 aromatic heterocycles. The Morgan fingerprint density at radius 3 is 2.57 bits per heavy atom. The summed E-state index contributed by atoms with van der Waals surface area (Å²) in [5.41, 5.74) is 0.546. The van der Waals surface area contributed by atoms with Crippen LogP contribution in [0.2, 0.25) is 10.0 Å². The predicted molar refractivity (Wildman–Crippen MR) is 53.2 cm³/mol. The van der Waals surface area contributed by atoms with Gasteiger partial charge < -0.3 is 5.11 Å². The number of carboxylic acids is 1. The van der Waals surface area contributed by atoms with E-state index < -0.39 is 5.97 Å². The second-order valence-corrected chi connectivity index (χ2v) is 3.47. The third-order valence-electron chi connectivity index (χ3n) is 1.61. The summed E-state index contributed by atoms with van der Waals surface area (Å²) >= 11 is 11.4. The number of benzene rings is 1. The van der Waals surface area contributed by atoms with Crippen molar-refractivity contribution in [2.75, 3.05) is 0 Å². The molecule has 0 atom stereocenters. The molecule has 0 aliphatic heterocycles. The van der Waals surface area contributed by atoms with Gasteiger partial charge >= 0.3 is 5.97 Å². The number of aliphatic carboxylic acids is 1. The Labute approximate surface area is 90.3 Å². The van der Waals surface area contributed by atoms with Crippen LogP contribution in [0.3, 0.4) is 0 Å². The zero-order valence-corrected chi connectivity index (χ0v) is 8.47. The molecule has 1 N–H and O–H groups in total. The minimum atomic E-state index is -1.02. The van der Waals surface area contributed by atoms with Gasteiger partial charge in [-0.25, -0.2) is 0 Å². The van der Waals surface area contributed by atoms with Gasteiger partial charge in [0.25, 0.3) is 0 Å². The lowest BCUT2D eigenvalue weighted by atomic mass is 10.1. The number of carbonyl (C=O) groups is 2. The highest BCUT2D eigenvalue weighted by molar-refractivity contribution is 6.35. The Balaban J connectivity index is 3.21. The van der Waals surface area contributed by atoms with Crippen molar-refractivity contribution in [1.82, 2.24) is 0 Å². The molecule has 0 aliphatic rings. The maximum Gasteiger partial charge on any atom is 0.307 e. The van der Waals surface area contributed by atoms with Crippen molar-refractivity contribution < 1.29 is 14.7 Å². The fraction of sp³-hybridized carbons (Fsp3) is 0.111. The summed E-state index contributed by atoms with van der Waals surface area (Å²) in [4.78, 5) is 21.0. The van der Waals surface area contributed by atoms with Crippen molar-refractivity contribution in [2.45, 2.75) is 6.42 Å². The molecule has 14 heavy (non-hydrogen) atoms. The molecular formula is C9H6Cl2O3. The van der Waals surface area contributed by atoms with Gasteiger partial charge in [0.05, 0.1) is 11.4 Å². The minimum Gasteiger partial charge on any atom is -0.481 e. The molecule has 74 valence electrons. The summed E-state index contributed by atoms with van der Waals surface area (Å²) in [6.45, 7) is 0. The summed E-state index contributed by atoms with van der Waals surface area (Å²) in [5.74, 6) is -1.02. The number of carboxylic acid groups (broad SMARTS) is 1. The second kappa shape index (κ2) is 4.44. The van der Waals surface area contributed by atoms with E-state index in [0.29, 0.717) is 16.9 Å². The molecule has 0 radical (unpaired) electrons. The van der Waals surface area contributed by atoms with Crippen LogP contribution in [0.15, 0.2) is 12.1 Å². The highest BCUT2D eigenvalue weighted by Crippen LogP contribution is 2.25. The number of rotatable bonds is 3. The zero-order chi connectivity index (χ0) is 10.7. The van der Waals surface area contributed by atoms with Crippen LogP contribution in [0.1, 0.15) is 15.9 Å². The van der Waals surface area contributed by atoms with E-state index in [2.05, 4.69) is 0 Å². The summed E-state index contributed by atoms with van der Waals surface area (Å²) < 4.78 is 0. The first kappa shape index (κ1) is 11.0. The maximum atomic E-state index is 10.5. The summed E-state index contributed by atoms with van der Waals surface area (Å²) in [5, 5.41) is 9.00. The van der Waals surface area contributed by atoms with Crippen molar-refractivity contribution in [3.05, 3.63) is 33.3 Å². The number of hydrogen-bond donors (Lipinski definition) is 1. The highest BCUT2D eigenvalue weighted by Gasteiger charge is 2.10. The molecule has 1 aromatic rings. The van der Waals surface area contributed by atoms with E-state index in [1.807, 2.05) is 0 Å². The lowest BCUT2D eigenvalue weighted by Crippen LogP contribution is -2.02. The third kappa shape index (κ3) is 2.47. The number of carbonyl (C=O) groups excluding carboxylic acids is 1. The van der Waals surface area contributed by atoms with Crippen LogP contribution in [0, 0.1) is 0 Å². The largest absolute Gasteiger partial charge is 0.481 e. The van der Waals surface area contributed by atoms with Crippen LogP contribution in [0.25, 0.3) is 0 Å². The van der Waals surface area contributed by atoms with E-state index in [4.69, 9.17) is 28.3 Å². The normalized spacial score (nSPS) is 9.86. The highest BCUT2D eigenvalue weighted by atomic mass is 35.5. The van der Waals surface area contributed by atoms with Crippen molar-refractivity contribution >= 4 is 35.5 Å². The van der Waals surface area contributed by atoms with Crippen LogP contribution in [0.5, 0.6) is 0 Å². The average Bonchev–Trinajstić information content (AvgIpc) is 2.09. The molecule has 0 spiro atoms. The minimum absolute atomic E-state index is 0.145. The van der Waals surface area contributed by atoms with E-state index in [1.165, 1.54) is 12.1 Å². The molecule has 0 aliphatic carbocycles. The molecule has 5 heteroatoms. The first-order chi connectivity index (χ1) is 6.54. The molecular weight excluding hydrogens is 227 g/mol. The monoisotopic (exact) mass is 232 g/mol. The smallest absolute Gasteiger partial charge is 0.307 e. The van der Waals surface area contributed by atoms with Crippen LogP contribution in [-0.2, 0) is 11.2 Å². The van der Waals surface area contributed by atoms with Gasteiger partial charge in [-0.1, -0.05) is 23.2 Å². The molecule has 0 amide bonds. The van der Waals surface area contributed by atoms with E-state index in [1.54, 1.807) is 0 Å². The zero-order valence-electron chi connectivity index (χ0n) is 6.96. The predicted octanol–water partition coefficient (Wildman–Crippen LogP) is 2.43. The SMILES string of the molecule is O=Cc1cc(Cl)cc(CC(=O)O)c1Cl. The van der Waals surface area contributed by atoms with E-state index in [-0.39, 0.29) is 17.0 Å². The van der Waals surface area contributed by atoms with Crippen molar-refractivity contribution in [2.24, 2.45) is 0 Å². The fourth-order valence-corrected chi connectivity index (χ4v) is 1.52. The average molecular weight is 233 g/mol. The first-order valence-corrected chi connectivity index (χ1v) is 4.45. The van der Waals surface area contributed by atoms with Gasteiger partial charge in [-0.3, -0.25) is 9.59 Å². The first-order valence-electron chi connectivity index (χ1n) is 3.69. The van der Waals surface area contributed by atoms with Crippen LogP contribution >= 0.6 is 23.2 Å². The Bertz CT molecular complexity index is 388.